The summed E-state index contributed by atoms with van der Waals surface area (Å²) in [5, 5.41) is 31.1. The normalized spacial score (nSPS) is 15.0. The third-order valence-corrected chi connectivity index (χ3v) is 4.47. The number of hydrogen-bond donors (Lipinski definition) is 4. The third-order valence-electron chi connectivity index (χ3n) is 4.47. The molecule has 25 heavy (non-hydrogen) atoms. The van der Waals surface area contributed by atoms with Crippen molar-refractivity contribution in [1.82, 2.24) is 15.1 Å². The number of nitrogens with one attached hydrogen (secondary N) is 1. The Hall–Kier alpha value is -2.64. The van der Waals surface area contributed by atoms with Crippen LogP contribution in [0, 0.1) is 0 Å². The average molecular weight is 351 g/mol. The van der Waals surface area contributed by atoms with E-state index in [1.54, 1.807) is 9.80 Å². The minimum Gasteiger partial charge on any atom is -0.504 e. The number of urea groups is 1. The molecule has 1 heterocycles. The van der Waals surface area contributed by atoms with Crippen LogP contribution in [0.3, 0.4) is 0 Å². The Morgan fingerprint density at radius 1 is 1.12 bits per heavy atom. The van der Waals surface area contributed by atoms with E-state index in [-0.39, 0.29) is 17.6 Å². The molecule has 0 aromatic heterocycles. The van der Waals surface area contributed by atoms with Gasteiger partial charge in [-0.15, -0.1) is 0 Å². The van der Waals surface area contributed by atoms with Crippen LogP contribution in [-0.4, -0.2) is 69.3 Å². The van der Waals surface area contributed by atoms with Crippen molar-refractivity contribution >= 4 is 11.9 Å². The average Bonchev–Trinajstić information content (AvgIpc) is 2.60. The first-order valence-electron chi connectivity index (χ1n) is 8.47. The highest BCUT2D eigenvalue weighted by Crippen LogP contribution is 2.35. The van der Waals surface area contributed by atoms with Crippen molar-refractivity contribution < 1.29 is 24.9 Å². The number of likely N-dealkylation sites (tertiary alicyclic amines) is 1. The fourth-order valence-electron chi connectivity index (χ4n) is 2.91. The number of amides is 3. The van der Waals surface area contributed by atoms with Gasteiger partial charge >= 0.3 is 6.03 Å². The van der Waals surface area contributed by atoms with Crippen molar-refractivity contribution in [2.75, 3.05) is 26.2 Å². The van der Waals surface area contributed by atoms with Gasteiger partial charge in [-0.05, 0) is 38.8 Å². The zero-order valence-corrected chi connectivity index (χ0v) is 14.5. The summed E-state index contributed by atoms with van der Waals surface area (Å²) in [6.07, 6.45) is 1.27. The summed E-state index contributed by atoms with van der Waals surface area (Å²) in [5.41, 5.74) is 0.0643. The molecule has 1 aromatic carbocycles. The molecular weight excluding hydrogens is 326 g/mol. The van der Waals surface area contributed by atoms with E-state index in [9.17, 15) is 24.9 Å². The summed E-state index contributed by atoms with van der Waals surface area (Å²) in [6.45, 7) is 6.34. The SMILES string of the molecule is CCN(CC)C(=O)N1CCC(NC(=O)c2cc(O)c(O)c(O)c2)CC1. The molecule has 0 saturated carbocycles. The number of carbonyl (C=O) groups excluding carboxylic acids is 2. The van der Waals surface area contributed by atoms with Gasteiger partial charge in [0.2, 0.25) is 0 Å². The van der Waals surface area contributed by atoms with Gasteiger partial charge in [0, 0.05) is 37.8 Å². The minimum absolute atomic E-state index is 0.0168. The van der Waals surface area contributed by atoms with Gasteiger partial charge in [0.15, 0.2) is 17.2 Å². The molecule has 1 aromatic rings. The molecule has 0 atom stereocenters. The molecule has 4 N–H and O–H groups in total. The maximum Gasteiger partial charge on any atom is 0.319 e. The second kappa shape index (κ2) is 7.96. The molecule has 1 aliphatic rings. The number of carbonyl (C=O) groups is 2. The number of aromatic hydroxyl groups is 3. The number of phenolic OH excluding ortho intramolecular Hbond substituents is 3. The zero-order valence-electron chi connectivity index (χ0n) is 14.5. The molecule has 138 valence electrons. The predicted octanol–water partition coefficient (Wildman–Crippen LogP) is 1.46. The molecule has 0 bridgehead atoms. The van der Waals surface area contributed by atoms with E-state index in [1.165, 1.54) is 0 Å². The Kier molecular flexibility index (Phi) is 5.95. The van der Waals surface area contributed by atoms with Crippen molar-refractivity contribution in [3.63, 3.8) is 0 Å². The Morgan fingerprint density at radius 2 is 1.64 bits per heavy atom. The van der Waals surface area contributed by atoms with Gasteiger partial charge in [-0.25, -0.2) is 4.79 Å². The molecule has 0 spiro atoms. The highest BCUT2D eigenvalue weighted by atomic mass is 16.3. The van der Waals surface area contributed by atoms with Gasteiger partial charge in [0.05, 0.1) is 0 Å². The van der Waals surface area contributed by atoms with Crippen LogP contribution >= 0.6 is 0 Å². The van der Waals surface area contributed by atoms with Crippen LogP contribution in [0.25, 0.3) is 0 Å². The van der Waals surface area contributed by atoms with Crippen molar-refractivity contribution in [3.8, 4) is 17.2 Å². The predicted molar refractivity (Wildman–Crippen MR) is 91.8 cm³/mol. The number of benzene rings is 1. The molecule has 8 heteroatoms. The summed E-state index contributed by atoms with van der Waals surface area (Å²) < 4.78 is 0. The molecule has 8 nitrogen and oxygen atoms in total. The van der Waals surface area contributed by atoms with E-state index >= 15 is 0 Å². The summed E-state index contributed by atoms with van der Waals surface area (Å²) in [4.78, 5) is 28.1. The summed E-state index contributed by atoms with van der Waals surface area (Å²) in [7, 11) is 0. The highest BCUT2D eigenvalue weighted by molar-refractivity contribution is 5.95. The summed E-state index contributed by atoms with van der Waals surface area (Å²) in [6, 6.07) is 2.13. The van der Waals surface area contributed by atoms with Crippen molar-refractivity contribution in [2.45, 2.75) is 32.7 Å². The molecule has 0 radical (unpaired) electrons. The van der Waals surface area contributed by atoms with Crippen LogP contribution in [0.4, 0.5) is 4.79 Å². The Morgan fingerprint density at radius 3 is 2.12 bits per heavy atom. The minimum atomic E-state index is -0.653. The lowest BCUT2D eigenvalue weighted by Gasteiger charge is -2.35. The van der Waals surface area contributed by atoms with Gasteiger partial charge < -0.3 is 30.4 Å². The van der Waals surface area contributed by atoms with E-state index in [0.29, 0.717) is 39.0 Å². The maximum absolute atomic E-state index is 12.3. The lowest BCUT2D eigenvalue weighted by molar-refractivity contribution is 0.0910. The first kappa shape index (κ1) is 18.7. The lowest BCUT2D eigenvalue weighted by Crippen LogP contribution is -2.50. The number of piperidine rings is 1. The van der Waals surface area contributed by atoms with E-state index in [4.69, 9.17) is 0 Å². The van der Waals surface area contributed by atoms with E-state index in [0.717, 1.165) is 12.1 Å². The fourth-order valence-corrected chi connectivity index (χ4v) is 2.91. The fraction of sp³-hybridized carbons (Fsp3) is 0.529. The number of hydrogen-bond acceptors (Lipinski definition) is 5. The van der Waals surface area contributed by atoms with Gasteiger partial charge in [-0.1, -0.05) is 0 Å². The lowest BCUT2D eigenvalue weighted by atomic mass is 10.0. The Bertz CT molecular complexity index is 614. The van der Waals surface area contributed by atoms with Crippen LogP contribution in [0.2, 0.25) is 0 Å². The van der Waals surface area contributed by atoms with Crippen LogP contribution in [0.1, 0.15) is 37.0 Å². The zero-order chi connectivity index (χ0) is 18.6. The van der Waals surface area contributed by atoms with Crippen LogP contribution in [-0.2, 0) is 0 Å². The smallest absolute Gasteiger partial charge is 0.319 e. The van der Waals surface area contributed by atoms with Crippen molar-refractivity contribution in [2.24, 2.45) is 0 Å². The van der Waals surface area contributed by atoms with Gasteiger partial charge in [0.25, 0.3) is 5.91 Å². The quantitative estimate of drug-likeness (QED) is 0.613. The van der Waals surface area contributed by atoms with E-state index < -0.39 is 23.2 Å². The Balaban J connectivity index is 1.92. The number of nitrogens with zero attached hydrogens (tertiary/aromatic N) is 2. The van der Waals surface area contributed by atoms with Gasteiger partial charge in [-0.2, -0.15) is 0 Å². The number of rotatable bonds is 4. The van der Waals surface area contributed by atoms with Gasteiger partial charge in [0.1, 0.15) is 0 Å². The van der Waals surface area contributed by atoms with Crippen LogP contribution in [0.15, 0.2) is 12.1 Å². The van der Waals surface area contributed by atoms with E-state index in [2.05, 4.69) is 5.32 Å². The van der Waals surface area contributed by atoms with Crippen LogP contribution < -0.4 is 5.32 Å². The largest absolute Gasteiger partial charge is 0.504 e. The summed E-state index contributed by atoms with van der Waals surface area (Å²) >= 11 is 0. The van der Waals surface area contributed by atoms with E-state index in [1.807, 2.05) is 13.8 Å². The standard InChI is InChI=1S/C17H25N3O5/c1-3-19(4-2)17(25)20-7-5-12(6-8-20)18-16(24)11-9-13(21)15(23)14(22)10-11/h9-10,12,21-23H,3-8H2,1-2H3,(H,18,24). The third kappa shape index (κ3) is 4.26. The maximum atomic E-state index is 12.3. The number of phenols is 3. The molecule has 1 fully saturated rings. The molecular formula is C17H25N3O5. The first-order chi connectivity index (χ1) is 11.9. The monoisotopic (exact) mass is 351 g/mol. The molecule has 0 aliphatic carbocycles. The van der Waals surface area contributed by atoms with Crippen molar-refractivity contribution in [3.05, 3.63) is 17.7 Å². The molecule has 0 unspecified atom stereocenters. The van der Waals surface area contributed by atoms with Gasteiger partial charge in [-0.3, -0.25) is 4.79 Å². The first-order valence-corrected chi connectivity index (χ1v) is 8.47. The molecule has 2 rings (SSSR count). The topological polar surface area (TPSA) is 113 Å². The van der Waals surface area contributed by atoms with Crippen LogP contribution in [0.5, 0.6) is 17.2 Å². The Labute approximate surface area is 146 Å². The molecule has 1 aliphatic heterocycles. The highest BCUT2D eigenvalue weighted by Gasteiger charge is 2.26. The molecule has 1 saturated heterocycles. The van der Waals surface area contributed by atoms with Crippen molar-refractivity contribution in [1.29, 1.82) is 0 Å². The molecule has 3 amide bonds. The summed E-state index contributed by atoms with van der Waals surface area (Å²) in [5.74, 6) is -2.20. The second-order valence-corrected chi connectivity index (χ2v) is 6.05. The second-order valence-electron chi connectivity index (χ2n) is 6.05.